The molecule has 2 aromatic carbocycles. The molecule has 0 unspecified atom stereocenters. The van der Waals surface area contributed by atoms with Crippen molar-refractivity contribution in [3.63, 3.8) is 0 Å². The summed E-state index contributed by atoms with van der Waals surface area (Å²) in [5, 5.41) is 8.61. The third-order valence-corrected chi connectivity index (χ3v) is 8.09. The number of nitrogens with zero attached hydrogens (tertiary/aromatic N) is 4. The van der Waals surface area contributed by atoms with Crippen LogP contribution in [0.2, 0.25) is 0 Å². The van der Waals surface area contributed by atoms with Gasteiger partial charge in [-0.05, 0) is 87.5 Å². The monoisotopic (exact) mass is 535 g/mol. The van der Waals surface area contributed by atoms with E-state index in [4.69, 9.17) is 9.84 Å². The molecular weight excluding hydrogens is 497 g/mol. The predicted octanol–water partition coefficient (Wildman–Crippen LogP) is 4.06. The molecule has 2 fully saturated rings. The minimum atomic E-state index is -0.420. The highest BCUT2D eigenvalue weighted by molar-refractivity contribution is 6.00. The molecule has 2 aliphatic rings. The fourth-order valence-corrected chi connectivity index (χ4v) is 5.76. The highest BCUT2D eigenvalue weighted by Crippen LogP contribution is 2.26. The normalized spacial score (nSPS) is 16.7. The molecule has 3 heterocycles. The van der Waals surface area contributed by atoms with Gasteiger partial charge in [0.25, 0.3) is 5.91 Å². The third kappa shape index (κ3) is 6.31. The quantitative estimate of drug-likeness (QED) is 0.312. The molecule has 208 valence electrons. The minimum Gasteiger partial charge on any atom is -0.383 e. The number of likely N-dealkylation sites (tertiary alicyclic amines) is 1. The van der Waals surface area contributed by atoms with Crippen molar-refractivity contribution in [3.8, 4) is 0 Å². The average Bonchev–Trinajstić information content (AvgIpc) is 3.61. The van der Waals surface area contributed by atoms with Crippen LogP contribution in [-0.4, -0.2) is 79.4 Å². The van der Waals surface area contributed by atoms with E-state index in [0.29, 0.717) is 24.6 Å². The first-order chi connectivity index (χ1) is 18.9. The van der Waals surface area contributed by atoms with E-state index in [1.807, 2.05) is 36.0 Å². The summed E-state index contributed by atoms with van der Waals surface area (Å²) in [6.07, 6.45) is 6.19. The topological polar surface area (TPSA) is 79.7 Å². The van der Waals surface area contributed by atoms with E-state index < -0.39 is 5.82 Å². The van der Waals surface area contributed by atoms with Crippen molar-refractivity contribution >= 4 is 28.3 Å². The summed E-state index contributed by atoms with van der Waals surface area (Å²) in [6.45, 7) is 7.43. The van der Waals surface area contributed by atoms with Crippen LogP contribution >= 0.6 is 0 Å². The predicted molar refractivity (Wildman–Crippen MR) is 150 cm³/mol. The number of halogens is 1. The van der Waals surface area contributed by atoms with Gasteiger partial charge in [-0.3, -0.25) is 19.2 Å². The highest BCUT2D eigenvalue weighted by atomic mass is 19.1. The number of benzene rings is 2. The van der Waals surface area contributed by atoms with Gasteiger partial charge in [-0.1, -0.05) is 0 Å². The molecule has 9 heteroatoms. The van der Waals surface area contributed by atoms with Gasteiger partial charge in [0, 0.05) is 56.1 Å². The van der Waals surface area contributed by atoms with Gasteiger partial charge in [-0.25, -0.2) is 4.39 Å². The maximum Gasteiger partial charge on any atom is 0.251 e. The number of amides is 1. The molecule has 0 bridgehead atoms. The molecule has 2 saturated heterocycles. The fourth-order valence-electron chi connectivity index (χ4n) is 5.76. The van der Waals surface area contributed by atoms with Crippen LogP contribution < -0.4 is 10.2 Å². The van der Waals surface area contributed by atoms with E-state index in [9.17, 15) is 14.0 Å². The van der Waals surface area contributed by atoms with E-state index in [1.54, 1.807) is 13.2 Å². The smallest absolute Gasteiger partial charge is 0.251 e. The Morgan fingerprint density at radius 1 is 1.08 bits per heavy atom. The molecule has 0 aliphatic carbocycles. The van der Waals surface area contributed by atoms with Crippen LogP contribution in [0.4, 0.5) is 10.1 Å². The molecule has 3 aromatic rings. The molecule has 0 atom stereocenters. The molecule has 39 heavy (non-hydrogen) atoms. The van der Waals surface area contributed by atoms with Crippen LogP contribution in [0.5, 0.6) is 0 Å². The standard InChI is InChI=1S/C30H38FN5O3/c1-21-24(30(38)32-11-16-39-2)7-8-28-26(21)19-36(33-28)18-22-9-14-34(15-10-22)20-29(37)25-6-5-23(17-27(25)31)35-12-3-4-13-35/h5-8,17,19,22H,3-4,9-16,18,20H2,1-2H3,(H,32,38). The Morgan fingerprint density at radius 2 is 1.82 bits per heavy atom. The Kier molecular flexibility index (Phi) is 8.57. The molecule has 0 saturated carbocycles. The van der Waals surface area contributed by atoms with Crippen LogP contribution in [0.3, 0.4) is 0 Å². The summed E-state index contributed by atoms with van der Waals surface area (Å²) in [6, 6.07) is 8.76. The number of carbonyl (C=O) groups excluding carboxylic acids is 2. The Hall–Kier alpha value is -3.30. The van der Waals surface area contributed by atoms with Gasteiger partial charge in [0.05, 0.1) is 24.2 Å². The van der Waals surface area contributed by atoms with Gasteiger partial charge in [-0.15, -0.1) is 0 Å². The van der Waals surface area contributed by atoms with E-state index in [-0.39, 0.29) is 23.8 Å². The largest absolute Gasteiger partial charge is 0.383 e. The van der Waals surface area contributed by atoms with Crippen molar-refractivity contribution in [2.75, 3.05) is 57.9 Å². The molecule has 5 rings (SSSR count). The number of nitrogens with one attached hydrogen (secondary N) is 1. The third-order valence-electron chi connectivity index (χ3n) is 8.09. The lowest BCUT2D eigenvalue weighted by Crippen LogP contribution is -2.38. The van der Waals surface area contributed by atoms with Crippen molar-refractivity contribution in [2.45, 2.75) is 39.2 Å². The molecule has 0 radical (unpaired) electrons. The van der Waals surface area contributed by atoms with Gasteiger partial charge >= 0.3 is 0 Å². The van der Waals surface area contributed by atoms with Gasteiger partial charge in [0.15, 0.2) is 5.78 Å². The zero-order chi connectivity index (χ0) is 27.4. The zero-order valence-electron chi connectivity index (χ0n) is 22.9. The number of fused-ring (bicyclic) bond motifs is 1. The van der Waals surface area contributed by atoms with Crippen molar-refractivity contribution < 1.29 is 18.7 Å². The van der Waals surface area contributed by atoms with Crippen LogP contribution in [0.25, 0.3) is 10.9 Å². The van der Waals surface area contributed by atoms with Crippen molar-refractivity contribution in [1.29, 1.82) is 0 Å². The maximum atomic E-state index is 14.8. The molecule has 0 spiro atoms. The SMILES string of the molecule is COCCNC(=O)c1ccc2nn(CC3CCN(CC(=O)c4ccc(N5CCCC5)cc4F)CC3)cc2c1C. The number of hydrogen-bond donors (Lipinski definition) is 1. The lowest BCUT2D eigenvalue weighted by atomic mass is 9.96. The lowest BCUT2D eigenvalue weighted by molar-refractivity contribution is 0.0884. The second kappa shape index (κ2) is 12.3. The van der Waals surface area contributed by atoms with Gasteiger partial charge in [0.2, 0.25) is 0 Å². The summed E-state index contributed by atoms with van der Waals surface area (Å²) in [7, 11) is 1.61. The Balaban J connectivity index is 1.14. The van der Waals surface area contributed by atoms with Gasteiger partial charge in [0.1, 0.15) is 5.82 Å². The number of rotatable bonds is 10. The molecule has 8 nitrogen and oxygen atoms in total. The summed E-state index contributed by atoms with van der Waals surface area (Å²) < 4.78 is 21.8. The summed E-state index contributed by atoms with van der Waals surface area (Å²) in [4.78, 5) is 29.7. The molecular formula is C30H38FN5O3. The Morgan fingerprint density at radius 3 is 2.54 bits per heavy atom. The van der Waals surface area contributed by atoms with E-state index in [1.165, 1.54) is 6.07 Å². The number of aryl methyl sites for hydroxylation is 1. The van der Waals surface area contributed by atoms with Crippen molar-refractivity contribution in [1.82, 2.24) is 20.0 Å². The Bertz CT molecular complexity index is 1330. The molecule has 1 N–H and O–H groups in total. The number of ketones is 1. The number of methoxy groups -OCH3 is 1. The second-order valence-electron chi connectivity index (χ2n) is 10.8. The first-order valence-corrected chi connectivity index (χ1v) is 14.0. The summed E-state index contributed by atoms with van der Waals surface area (Å²) >= 11 is 0. The van der Waals surface area contributed by atoms with Crippen molar-refractivity contribution in [3.05, 3.63) is 59.0 Å². The lowest BCUT2D eigenvalue weighted by Gasteiger charge is -2.31. The Labute approximate surface area is 229 Å². The summed E-state index contributed by atoms with van der Waals surface area (Å²) in [5.74, 6) is -0.242. The molecule has 1 amide bonds. The van der Waals surface area contributed by atoms with Crippen LogP contribution in [-0.2, 0) is 11.3 Å². The number of ether oxygens (including phenoxy) is 1. The summed E-state index contributed by atoms with van der Waals surface area (Å²) in [5.41, 5.74) is 3.50. The number of piperidine rings is 1. The zero-order valence-corrected chi connectivity index (χ0v) is 22.9. The van der Waals surface area contributed by atoms with E-state index in [0.717, 1.165) is 80.6 Å². The average molecular weight is 536 g/mol. The molecule has 2 aliphatic heterocycles. The molecule has 1 aromatic heterocycles. The van der Waals surface area contributed by atoms with Crippen molar-refractivity contribution in [2.24, 2.45) is 5.92 Å². The number of anilines is 1. The number of aromatic nitrogens is 2. The first-order valence-electron chi connectivity index (χ1n) is 14.0. The van der Waals surface area contributed by atoms with Gasteiger partial charge in [-0.2, -0.15) is 5.10 Å². The number of hydrogen-bond acceptors (Lipinski definition) is 6. The van der Waals surface area contributed by atoms with Gasteiger partial charge < -0.3 is 15.0 Å². The van der Waals surface area contributed by atoms with Crippen LogP contribution in [0.1, 0.15) is 52.0 Å². The maximum absolute atomic E-state index is 14.8. The minimum absolute atomic E-state index is 0.108. The fraction of sp³-hybridized carbons (Fsp3) is 0.500. The highest BCUT2D eigenvalue weighted by Gasteiger charge is 2.24. The number of Topliss-reactive ketones (excluding diaryl/α,β-unsaturated/α-hetero) is 1. The van der Waals surface area contributed by atoms with E-state index >= 15 is 0 Å². The van der Waals surface area contributed by atoms with Crippen LogP contribution in [0.15, 0.2) is 36.5 Å². The first kappa shape index (κ1) is 27.3. The van der Waals surface area contributed by atoms with E-state index in [2.05, 4.69) is 15.1 Å². The van der Waals surface area contributed by atoms with Crippen LogP contribution in [0, 0.1) is 18.7 Å². The second-order valence-corrected chi connectivity index (χ2v) is 10.8. The number of carbonyl (C=O) groups is 2.